The number of hydrogen-bond donors (Lipinski definition) is 1. The molecular formula is C23H26N2O3. The minimum Gasteiger partial charge on any atom is -0.496 e. The Morgan fingerprint density at radius 2 is 1.79 bits per heavy atom. The highest BCUT2D eigenvalue weighted by Gasteiger charge is 2.28. The highest BCUT2D eigenvalue weighted by Crippen LogP contribution is 2.39. The number of rotatable bonds is 4. The molecule has 1 fully saturated rings. The topological polar surface area (TPSA) is 58.6 Å². The maximum absolute atomic E-state index is 12.4. The van der Waals surface area contributed by atoms with E-state index in [-0.39, 0.29) is 23.8 Å². The zero-order chi connectivity index (χ0) is 20.3. The normalized spacial score (nSPS) is 15.1. The van der Waals surface area contributed by atoms with Crippen LogP contribution in [0.1, 0.15) is 43.9 Å². The number of amides is 3. The molecular weight excluding hydrogens is 352 g/mol. The predicted octanol–water partition coefficient (Wildman–Crippen LogP) is 4.61. The Labute approximate surface area is 166 Å². The van der Waals surface area contributed by atoms with E-state index in [0.29, 0.717) is 6.54 Å². The lowest BCUT2D eigenvalue weighted by Crippen LogP contribution is -2.49. The standard InChI is InChI=1S/C23H26N2O3/c1-23(2,3)19-15-18(25-13-12-20(26)24-22(25)27)14-17(21(19)28-4)11-10-16-8-6-5-7-9-16/h5-11,14-15H,12-13H2,1-4H3,(H,24,26,27)/b11-10+. The number of carbonyl (C=O) groups is 2. The van der Waals surface area contributed by atoms with Crippen molar-refractivity contribution in [2.45, 2.75) is 32.6 Å². The summed E-state index contributed by atoms with van der Waals surface area (Å²) in [7, 11) is 1.66. The first kappa shape index (κ1) is 19.7. The number of nitrogens with one attached hydrogen (secondary N) is 1. The minimum atomic E-state index is -0.390. The van der Waals surface area contributed by atoms with Crippen molar-refractivity contribution in [1.82, 2.24) is 5.32 Å². The smallest absolute Gasteiger partial charge is 0.328 e. The second-order valence-corrected chi connectivity index (χ2v) is 7.86. The van der Waals surface area contributed by atoms with Gasteiger partial charge < -0.3 is 4.74 Å². The van der Waals surface area contributed by atoms with E-state index in [0.717, 1.165) is 28.1 Å². The molecule has 0 bridgehead atoms. The van der Waals surface area contributed by atoms with E-state index in [1.807, 2.05) is 54.6 Å². The Morgan fingerprint density at radius 1 is 1.07 bits per heavy atom. The van der Waals surface area contributed by atoms with Gasteiger partial charge in [0, 0.05) is 29.8 Å². The van der Waals surface area contributed by atoms with Gasteiger partial charge in [-0.2, -0.15) is 0 Å². The molecule has 5 nitrogen and oxygen atoms in total. The fraction of sp³-hybridized carbons (Fsp3) is 0.304. The number of ether oxygens (including phenoxy) is 1. The first-order valence-corrected chi connectivity index (χ1v) is 9.36. The lowest BCUT2D eigenvalue weighted by atomic mass is 9.84. The van der Waals surface area contributed by atoms with E-state index < -0.39 is 0 Å². The summed E-state index contributed by atoms with van der Waals surface area (Å²) in [6.45, 7) is 6.69. The molecule has 146 valence electrons. The summed E-state index contributed by atoms with van der Waals surface area (Å²) in [6, 6.07) is 13.5. The number of carbonyl (C=O) groups excluding carboxylic acids is 2. The molecule has 0 saturated carbocycles. The summed E-state index contributed by atoms with van der Waals surface area (Å²) in [4.78, 5) is 25.5. The second-order valence-electron chi connectivity index (χ2n) is 7.86. The third-order valence-corrected chi connectivity index (χ3v) is 4.74. The average molecular weight is 378 g/mol. The first-order chi connectivity index (χ1) is 13.3. The maximum atomic E-state index is 12.4. The number of nitrogens with zero attached hydrogens (tertiary/aromatic N) is 1. The van der Waals surface area contributed by atoms with E-state index >= 15 is 0 Å². The molecule has 1 N–H and O–H groups in total. The van der Waals surface area contributed by atoms with Crippen LogP contribution in [0.3, 0.4) is 0 Å². The molecule has 1 heterocycles. The molecule has 5 heteroatoms. The fourth-order valence-electron chi connectivity index (χ4n) is 3.26. The molecule has 0 radical (unpaired) electrons. The van der Waals surface area contributed by atoms with Crippen LogP contribution in [0.2, 0.25) is 0 Å². The van der Waals surface area contributed by atoms with Crippen molar-refractivity contribution in [2.75, 3.05) is 18.6 Å². The number of hydrogen-bond acceptors (Lipinski definition) is 3. The van der Waals surface area contributed by atoms with Crippen LogP contribution in [0.25, 0.3) is 12.2 Å². The third-order valence-electron chi connectivity index (χ3n) is 4.74. The molecule has 0 aromatic heterocycles. The van der Waals surface area contributed by atoms with Crippen molar-refractivity contribution in [2.24, 2.45) is 0 Å². The van der Waals surface area contributed by atoms with E-state index in [1.54, 1.807) is 12.0 Å². The summed E-state index contributed by atoms with van der Waals surface area (Å²) in [5, 5.41) is 2.39. The highest BCUT2D eigenvalue weighted by molar-refractivity contribution is 6.05. The lowest BCUT2D eigenvalue weighted by molar-refractivity contribution is -0.120. The molecule has 1 aliphatic rings. The van der Waals surface area contributed by atoms with E-state index in [1.165, 1.54) is 0 Å². The van der Waals surface area contributed by atoms with Crippen LogP contribution >= 0.6 is 0 Å². The van der Waals surface area contributed by atoms with Crippen molar-refractivity contribution < 1.29 is 14.3 Å². The quantitative estimate of drug-likeness (QED) is 0.791. The van der Waals surface area contributed by atoms with Gasteiger partial charge in [0.1, 0.15) is 5.75 Å². The minimum absolute atomic E-state index is 0.182. The van der Waals surface area contributed by atoms with Gasteiger partial charge in [0.2, 0.25) is 5.91 Å². The van der Waals surface area contributed by atoms with E-state index in [4.69, 9.17) is 4.74 Å². The Bertz CT molecular complexity index is 911. The Balaban J connectivity index is 2.10. The average Bonchev–Trinajstić information content (AvgIpc) is 2.65. The zero-order valence-electron chi connectivity index (χ0n) is 16.8. The number of anilines is 1. The molecule has 3 rings (SSSR count). The summed E-state index contributed by atoms with van der Waals surface area (Å²) in [5.74, 6) is 0.548. The summed E-state index contributed by atoms with van der Waals surface area (Å²) in [5.41, 5.74) is 3.54. The van der Waals surface area contributed by atoms with Gasteiger partial charge >= 0.3 is 6.03 Å². The number of urea groups is 1. The lowest BCUT2D eigenvalue weighted by Gasteiger charge is -2.30. The SMILES string of the molecule is COc1c(/C=C/c2ccccc2)cc(N2CCC(=O)NC2=O)cc1C(C)(C)C. The highest BCUT2D eigenvalue weighted by atomic mass is 16.5. The molecule has 0 spiro atoms. The first-order valence-electron chi connectivity index (χ1n) is 9.36. The predicted molar refractivity (Wildman–Crippen MR) is 113 cm³/mol. The molecule has 0 atom stereocenters. The molecule has 1 saturated heterocycles. The van der Waals surface area contributed by atoms with Crippen molar-refractivity contribution in [1.29, 1.82) is 0 Å². The largest absolute Gasteiger partial charge is 0.496 e. The molecule has 2 aromatic rings. The van der Waals surface area contributed by atoms with Crippen LogP contribution in [0.4, 0.5) is 10.5 Å². The number of methoxy groups -OCH3 is 1. The van der Waals surface area contributed by atoms with Crippen molar-refractivity contribution in [3.8, 4) is 5.75 Å². The van der Waals surface area contributed by atoms with Crippen molar-refractivity contribution in [3.63, 3.8) is 0 Å². The Hall–Kier alpha value is -3.08. The van der Waals surface area contributed by atoms with Gasteiger partial charge in [0.15, 0.2) is 0 Å². The van der Waals surface area contributed by atoms with Gasteiger partial charge in [-0.25, -0.2) is 4.79 Å². The van der Waals surface area contributed by atoms with Crippen LogP contribution in [-0.2, 0) is 10.2 Å². The van der Waals surface area contributed by atoms with Crippen LogP contribution in [0, 0.1) is 0 Å². The number of imide groups is 1. The number of benzene rings is 2. The molecule has 28 heavy (non-hydrogen) atoms. The molecule has 0 unspecified atom stereocenters. The third kappa shape index (κ3) is 4.25. The van der Waals surface area contributed by atoms with Crippen LogP contribution in [-0.4, -0.2) is 25.6 Å². The molecule has 0 aliphatic carbocycles. The monoisotopic (exact) mass is 378 g/mol. The maximum Gasteiger partial charge on any atom is 0.328 e. The Kier molecular flexibility index (Phi) is 5.54. The van der Waals surface area contributed by atoms with E-state index in [2.05, 4.69) is 26.1 Å². The summed E-state index contributed by atoms with van der Waals surface area (Å²) >= 11 is 0. The summed E-state index contributed by atoms with van der Waals surface area (Å²) < 4.78 is 5.75. The second kappa shape index (κ2) is 7.89. The van der Waals surface area contributed by atoms with Gasteiger partial charge in [0.25, 0.3) is 0 Å². The molecule has 3 amide bonds. The molecule has 2 aromatic carbocycles. The van der Waals surface area contributed by atoms with Crippen LogP contribution in [0.5, 0.6) is 5.75 Å². The fourth-order valence-corrected chi connectivity index (χ4v) is 3.26. The zero-order valence-corrected chi connectivity index (χ0v) is 16.8. The Morgan fingerprint density at radius 3 is 2.39 bits per heavy atom. The van der Waals surface area contributed by atoms with Crippen LogP contribution < -0.4 is 15.0 Å². The van der Waals surface area contributed by atoms with Gasteiger partial charge in [-0.1, -0.05) is 63.3 Å². The van der Waals surface area contributed by atoms with Gasteiger partial charge in [0.05, 0.1) is 7.11 Å². The van der Waals surface area contributed by atoms with Crippen molar-refractivity contribution >= 4 is 29.8 Å². The van der Waals surface area contributed by atoms with Gasteiger partial charge in [-0.3, -0.25) is 15.0 Å². The van der Waals surface area contributed by atoms with Gasteiger partial charge in [-0.15, -0.1) is 0 Å². The van der Waals surface area contributed by atoms with Crippen LogP contribution in [0.15, 0.2) is 42.5 Å². The molecule has 1 aliphatic heterocycles. The van der Waals surface area contributed by atoms with Crippen molar-refractivity contribution in [3.05, 3.63) is 59.2 Å². The van der Waals surface area contributed by atoms with E-state index in [9.17, 15) is 9.59 Å². The summed E-state index contributed by atoms with van der Waals surface area (Å²) in [6.07, 6.45) is 4.31. The van der Waals surface area contributed by atoms with Gasteiger partial charge in [-0.05, 0) is 23.1 Å².